The number of aryl methyl sites for hydroxylation is 1. The molecule has 0 saturated carbocycles. The molecule has 0 amide bonds. The van der Waals surface area contributed by atoms with E-state index in [1.54, 1.807) is 0 Å². The third-order valence-electron chi connectivity index (χ3n) is 3.26. The second-order valence-electron chi connectivity index (χ2n) is 4.77. The van der Waals surface area contributed by atoms with E-state index in [1.165, 1.54) is 11.3 Å². The smallest absolute Gasteiger partial charge is 0.0950 e. The van der Waals surface area contributed by atoms with Crippen LogP contribution in [-0.4, -0.2) is 23.1 Å². The molecule has 19 heavy (non-hydrogen) atoms. The largest absolute Gasteiger partial charge is 0.369 e. The van der Waals surface area contributed by atoms with E-state index < -0.39 is 0 Å². The molecule has 0 fully saturated rings. The summed E-state index contributed by atoms with van der Waals surface area (Å²) in [5, 5.41) is 0. The highest BCUT2D eigenvalue weighted by atomic mass is 15.1. The first-order valence-corrected chi connectivity index (χ1v) is 6.73. The fourth-order valence-corrected chi connectivity index (χ4v) is 2.08. The van der Waals surface area contributed by atoms with E-state index in [0.29, 0.717) is 6.54 Å². The van der Waals surface area contributed by atoms with Crippen molar-refractivity contribution < 1.29 is 0 Å². The van der Waals surface area contributed by atoms with Gasteiger partial charge in [-0.15, -0.1) is 0 Å². The summed E-state index contributed by atoms with van der Waals surface area (Å²) in [6, 6.07) is 8.68. The average molecular weight is 258 g/mol. The topological polar surface area (TPSA) is 47.1 Å². The second-order valence-corrected chi connectivity index (χ2v) is 4.77. The molecule has 0 radical (unpaired) electrons. The standard InChI is InChI=1S/C15H22N4/c1-3-13-4-6-15(7-5-13)18(2)10-14-11-19(9-8-16)12-17-14/h4-7,11-12H,3,8-10,16H2,1-2H3. The van der Waals surface area contributed by atoms with Gasteiger partial charge in [0.1, 0.15) is 0 Å². The van der Waals surface area contributed by atoms with Crippen LogP contribution in [0.1, 0.15) is 18.2 Å². The van der Waals surface area contributed by atoms with Crippen molar-refractivity contribution in [3.63, 3.8) is 0 Å². The fourth-order valence-electron chi connectivity index (χ4n) is 2.08. The first-order chi connectivity index (χ1) is 9.22. The maximum absolute atomic E-state index is 5.53. The highest BCUT2D eigenvalue weighted by Gasteiger charge is 2.04. The van der Waals surface area contributed by atoms with Crippen molar-refractivity contribution in [2.75, 3.05) is 18.5 Å². The average Bonchev–Trinajstić information content (AvgIpc) is 2.86. The maximum Gasteiger partial charge on any atom is 0.0950 e. The molecule has 2 aromatic rings. The predicted molar refractivity (Wildman–Crippen MR) is 79.2 cm³/mol. The number of nitrogens with zero attached hydrogens (tertiary/aromatic N) is 3. The molecule has 1 heterocycles. The number of benzene rings is 1. The van der Waals surface area contributed by atoms with Crippen LogP contribution >= 0.6 is 0 Å². The lowest BCUT2D eigenvalue weighted by Gasteiger charge is -2.18. The van der Waals surface area contributed by atoms with E-state index in [0.717, 1.165) is 25.2 Å². The Hall–Kier alpha value is -1.81. The molecule has 102 valence electrons. The van der Waals surface area contributed by atoms with Gasteiger partial charge in [0.05, 0.1) is 18.6 Å². The lowest BCUT2D eigenvalue weighted by molar-refractivity contribution is 0.706. The van der Waals surface area contributed by atoms with Crippen molar-refractivity contribution in [1.29, 1.82) is 0 Å². The van der Waals surface area contributed by atoms with Crippen molar-refractivity contribution in [2.24, 2.45) is 5.73 Å². The van der Waals surface area contributed by atoms with Gasteiger partial charge in [-0.25, -0.2) is 4.98 Å². The number of imidazole rings is 1. The van der Waals surface area contributed by atoms with Crippen molar-refractivity contribution in [3.8, 4) is 0 Å². The Labute approximate surface area is 114 Å². The summed E-state index contributed by atoms with van der Waals surface area (Å²) in [6.07, 6.45) is 4.98. The number of rotatable bonds is 6. The Kier molecular flexibility index (Phi) is 4.58. The van der Waals surface area contributed by atoms with E-state index in [1.807, 2.05) is 10.9 Å². The predicted octanol–water partition coefficient (Wildman–Crippen LogP) is 2.04. The Morgan fingerprint density at radius 2 is 2.00 bits per heavy atom. The van der Waals surface area contributed by atoms with Crippen LogP contribution in [0.5, 0.6) is 0 Å². The third-order valence-corrected chi connectivity index (χ3v) is 3.26. The number of hydrogen-bond donors (Lipinski definition) is 1. The molecule has 0 aliphatic heterocycles. The number of nitrogens with two attached hydrogens (primary N) is 1. The Morgan fingerprint density at radius 3 is 2.63 bits per heavy atom. The van der Waals surface area contributed by atoms with Crippen LogP contribution in [0.15, 0.2) is 36.8 Å². The molecule has 0 aliphatic rings. The van der Waals surface area contributed by atoms with Crippen molar-refractivity contribution in [3.05, 3.63) is 48.0 Å². The molecule has 1 aromatic heterocycles. The van der Waals surface area contributed by atoms with Crippen molar-refractivity contribution in [2.45, 2.75) is 26.4 Å². The monoisotopic (exact) mass is 258 g/mol. The molecule has 0 saturated heterocycles. The van der Waals surface area contributed by atoms with E-state index in [2.05, 4.69) is 54.3 Å². The highest BCUT2D eigenvalue weighted by Crippen LogP contribution is 2.16. The Bertz CT molecular complexity index is 501. The molecule has 0 bridgehead atoms. The lowest BCUT2D eigenvalue weighted by Crippen LogP contribution is -2.16. The summed E-state index contributed by atoms with van der Waals surface area (Å²) >= 11 is 0. The van der Waals surface area contributed by atoms with Gasteiger partial charge in [0.2, 0.25) is 0 Å². The molecule has 2 rings (SSSR count). The second kappa shape index (κ2) is 6.38. The van der Waals surface area contributed by atoms with Gasteiger partial charge in [-0.05, 0) is 24.1 Å². The van der Waals surface area contributed by atoms with E-state index in [9.17, 15) is 0 Å². The number of aromatic nitrogens is 2. The summed E-state index contributed by atoms with van der Waals surface area (Å²) in [4.78, 5) is 6.60. The Balaban J connectivity index is 2.00. The maximum atomic E-state index is 5.53. The molecule has 0 spiro atoms. The Morgan fingerprint density at radius 1 is 1.26 bits per heavy atom. The van der Waals surface area contributed by atoms with Crippen molar-refractivity contribution in [1.82, 2.24) is 9.55 Å². The first-order valence-electron chi connectivity index (χ1n) is 6.73. The van der Waals surface area contributed by atoms with E-state index in [-0.39, 0.29) is 0 Å². The summed E-state index contributed by atoms with van der Waals surface area (Å²) < 4.78 is 2.03. The quantitative estimate of drug-likeness (QED) is 0.862. The molecular formula is C15H22N4. The van der Waals surface area contributed by atoms with Crippen LogP contribution in [0.4, 0.5) is 5.69 Å². The van der Waals surface area contributed by atoms with Gasteiger partial charge in [0, 0.05) is 32.0 Å². The third kappa shape index (κ3) is 3.58. The molecule has 0 atom stereocenters. The molecular weight excluding hydrogens is 236 g/mol. The van der Waals surface area contributed by atoms with Gasteiger partial charge >= 0.3 is 0 Å². The van der Waals surface area contributed by atoms with E-state index >= 15 is 0 Å². The normalized spacial score (nSPS) is 10.7. The van der Waals surface area contributed by atoms with Gasteiger partial charge in [-0.3, -0.25) is 0 Å². The summed E-state index contributed by atoms with van der Waals surface area (Å²) in [5.74, 6) is 0. The van der Waals surface area contributed by atoms with Crippen LogP contribution in [0.3, 0.4) is 0 Å². The lowest BCUT2D eigenvalue weighted by atomic mass is 10.1. The van der Waals surface area contributed by atoms with Gasteiger partial charge in [0.15, 0.2) is 0 Å². The van der Waals surface area contributed by atoms with Crippen LogP contribution in [0.25, 0.3) is 0 Å². The fraction of sp³-hybridized carbons (Fsp3) is 0.400. The van der Waals surface area contributed by atoms with Crippen LogP contribution in [0, 0.1) is 0 Å². The van der Waals surface area contributed by atoms with Gasteiger partial charge in [0.25, 0.3) is 0 Å². The summed E-state index contributed by atoms with van der Waals surface area (Å²) in [5.41, 5.74) is 9.17. The summed E-state index contributed by atoms with van der Waals surface area (Å²) in [6.45, 7) is 4.44. The van der Waals surface area contributed by atoms with Gasteiger partial charge in [-0.2, -0.15) is 0 Å². The SMILES string of the molecule is CCc1ccc(N(C)Cc2cn(CCN)cn2)cc1. The van der Waals surface area contributed by atoms with Crippen LogP contribution < -0.4 is 10.6 Å². The first kappa shape index (κ1) is 13.6. The zero-order valence-corrected chi connectivity index (χ0v) is 11.7. The van der Waals surface area contributed by atoms with Crippen molar-refractivity contribution >= 4 is 5.69 Å². The van der Waals surface area contributed by atoms with E-state index in [4.69, 9.17) is 5.73 Å². The zero-order valence-electron chi connectivity index (χ0n) is 11.7. The summed E-state index contributed by atoms with van der Waals surface area (Å²) in [7, 11) is 2.09. The zero-order chi connectivity index (χ0) is 13.7. The molecule has 0 aliphatic carbocycles. The van der Waals surface area contributed by atoms with Gasteiger partial charge < -0.3 is 15.2 Å². The molecule has 2 N–H and O–H groups in total. The van der Waals surface area contributed by atoms with Crippen LogP contribution in [-0.2, 0) is 19.5 Å². The molecule has 4 nitrogen and oxygen atoms in total. The molecule has 0 unspecified atom stereocenters. The minimum atomic E-state index is 0.643. The highest BCUT2D eigenvalue weighted by molar-refractivity contribution is 5.47. The minimum Gasteiger partial charge on any atom is -0.369 e. The number of hydrogen-bond acceptors (Lipinski definition) is 3. The minimum absolute atomic E-state index is 0.643. The number of anilines is 1. The van der Waals surface area contributed by atoms with Crippen LogP contribution in [0.2, 0.25) is 0 Å². The molecule has 4 heteroatoms. The van der Waals surface area contributed by atoms with Gasteiger partial charge in [-0.1, -0.05) is 19.1 Å². The molecule has 1 aromatic carbocycles.